The highest BCUT2D eigenvalue weighted by atomic mass is 19.1. The van der Waals surface area contributed by atoms with E-state index >= 15 is 0 Å². The maximum Gasteiger partial charge on any atom is 0.329 e. The number of hydrogen-bond acceptors (Lipinski definition) is 5. The van der Waals surface area contributed by atoms with E-state index < -0.39 is 35.3 Å². The predicted molar refractivity (Wildman–Crippen MR) is 87.2 cm³/mol. The number of carbonyl (C=O) groups is 4. The van der Waals surface area contributed by atoms with Gasteiger partial charge >= 0.3 is 6.03 Å². The number of rotatable bonds is 4. The Morgan fingerprint density at radius 1 is 1.08 bits per heavy atom. The minimum absolute atomic E-state index is 0.0144. The van der Waals surface area contributed by atoms with E-state index in [1.54, 1.807) is 13.8 Å². The molecular weight excluding hydrogens is 345 g/mol. The van der Waals surface area contributed by atoms with Crippen LogP contribution in [-0.2, 0) is 20.1 Å². The highest BCUT2D eigenvalue weighted by Gasteiger charge is 2.58. The molecule has 0 saturated carbocycles. The summed E-state index contributed by atoms with van der Waals surface area (Å²) < 4.78 is 14.0. The number of amides is 5. The van der Waals surface area contributed by atoms with Crippen molar-refractivity contribution in [1.29, 1.82) is 0 Å². The van der Waals surface area contributed by atoms with Crippen molar-refractivity contribution in [3.05, 3.63) is 29.6 Å². The molecule has 2 aliphatic heterocycles. The number of nitrogens with zero attached hydrogens (tertiary/aromatic N) is 3. The highest BCUT2D eigenvalue weighted by molar-refractivity contribution is 6.20. The van der Waals surface area contributed by atoms with Crippen LogP contribution in [0.1, 0.15) is 32.3 Å². The van der Waals surface area contributed by atoms with Crippen molar-refractivity contribution in [2.75, 3.05) is 18.0 Å². The van der Waals surface area contributed by atoms with E-state index in [1.165, 1.54) is 0 Å². The van der Waals surface area contributed by atoms with E-state index in [1.807, 2.05) is 0 Å². The summed E-state index contributed by atoms with van der Waals surface area (Å²) in [5.41, 5.74) is -2.90. The summed E-state index contributed by atoms with van der Waals surface area (Å²) in [6.07, 6.45) is -0.0287. The Morgan fingerprint density at radius 2 is 1.69 bits per heavy atom. The van der Waals surface area contributed by atoms with Gasteiger partial charge in [0, 0.05) is 31.5 Å². The molecule has 8 nitrogen and oxygen atoms in total. The highest BCUT2D eigenvalue weighted by Crippen LogP contribution is 2.41. The summed E-state index contributed by atoms with van der Waals surface area (Å²) in [4.78, 5) is 52.0. The minimum Gasteiger partial charge on any atom is -0.359 e. The summed E-state index contributed by atoms with van der Waals surface area (Å²) in [6.45, 7) is 3.11. The molecule has 0 aliphatic carbocycles. The van der Waals surface area contributed by atoms with Crippen LogP contribution in [0, 0.1) is 5.82 Å². The third kappa shape index (κ3) is 2.31. The molecule has 1 N–H and O–H groups in total. The van der Waals surface area contributed by atoms with Crippen molar-refractivity contribution in [3.8, 4) is 0 Å². The third-order valence-electron chi connectivity index (χ3n) is 4.65. The summed E-state index contributed by atoms with van der Waals surface area (Å²) in [6, 6.07) is 2.33. The van der Waals surface area contributed by atoms with Gasteiger partial charge < -0.3 is 5.11 Å². The topological polar surface area (TPSA) is 98.2 Å². The zero-order chi connectivity index (χ0) is 19.2. The Kier molecular flexibility index (Phi) is 4.27. The van der Waals surface area contributed by atoms with Crippen LogP contribution >= 0.6 is 0 Å². The molecule has 2 saturated heterocycles. The minimum atomic E-state index is -2.50. The van der Waals surface area contributed by atoms with Gasteiger partial charge in [0.25, 0.3) is 11.6 Å². The van der Waals surface area contributed by atoms with E-state index in [9.17, 15) is 28.7 Å². The van der Waals surface area contributed by atoms with Gasteiger partial charge in [-0.05, 0) is 32.0 Å². The van der Waals surface area contributed by atoms with Crippen LogP contribution in [0.4, 0.5) is 14.9 Å². The number of benzene rings is 1. The number of imide groups is 2. The largest absolute Gasteiger partial charge is 0.359 e. The Labute approximate surface area is 148 Å². The molecule has 0 spiro atoms. The van der Waals surface area contributed by atoms with Gasteiger partial charge in [0.15, 0.2) is 0 Å². The van der Waals surface area contributed by atoms with Crippen molar-refractivity contribution in [1.82, 2.24) is 9.80 Å². The second kappa shape index (κ2) is 6.17. The van der Waals surface area contributed by atoms with Crippen LogP contribution in [0.15, 0.2) is 18.2 Å². The van der Waals surface area contributed by atoms with Crippen LogP contribution in [0.25, 0.3) is 0 Å². The number of halogens is 1. The molecule has 26 heavy (non-hydrogen) atoms. The number of carbonyl (C=O) groups excluding carboxylic acids is 4. The smallest absolute Gasteiger partial charge is 0.329 e. The van der Waals surface area contributed by atoms with Gasteiger partial charge in [0.05, 0.1) is 5.69 Å². The molecule has 2 fully saturated rings. The molecule has 1 atom stereocenters. The van der Waals surface area contributed by atoms with Crippen molar-refractivity contribution in [2.24, 2.45) is 0 Å². The molecule has 2 heterocycles. The molecule has 0 radical (unpaired) electrons. The zero-order valence-electron chi connectivity index (χ0n) is 14.4. The van der Waals surface area contributed by atoms with Gasteiger partial charge in [-0.3, -0.25) is 29.1 Å². The van der Waals surface area contributed by atoms with E-state index in [4.69, 9.17) is 0 Å². The first-order valence-corrected chi connectivity index (χ1v) is 8.29. The number of urea groups is 1. The second-order valence-electron chi connectivity index (χ2n) is 6.03. The average molecular weight is 363 g/mol. The lowest BCUT2D eigenvalue weighted by Crippen LogP contribution is -2.48. The standard InChI is InChI=1S/C17H18FN3O5/c1-3-19-15(24)17(26,20(4-2)16(19)25)11-9-10(18)5-6-12(11)21-13(22)7-8-14(21)23/h5-6,9,26H,3-4,7-8H2,1-2H3. The first-order valence-electron chi connectivity index (χ1n) is 8.29. The number of aliphatic hydroxyl groups is 1. The normalized spacial score (nSPS) is 23.6. The van der Waals surface area contributed by atoms with E-state index in [0.717, 1.165) is 32.9 Å². The molecule has 1 aromatic rings. The fourth-order valence-electron chi connectivity index (χ4n) is 3.41. The Morgan fingerprint density at radius 3 is 2.23 bits per heavy atom. The van der Waals surface area contributed by atoms with Crippen LogP contribution in [0.3, 0.4) is 0 Å². The molecule has 0 bridgehead atoms. The van der Waals surface area contributed by atoms with Crippen molar-refractivity contribution >= 4 is 29.4 Å². The summed E-state index contributed by atoms with van der Waals surface area (Å²) >= 11 is 0. The van der Waals surface area contributed by atoms with Crippen LogP contribution < -0.4 is 4.90 Å². The second-order valence-corrected chi connectivity index (χ2v) is 6.03. The predicted octanol–water partition coefficient (Wildman–Crippen LogP) is 0.928. The lowest BCUT2D eigenvalue weighted by atomic mass is 9.98. The fraction of sp³-hybridized carbons (Fsp3) is 0.412. The quantitative estimate of drug-likeness (QED) is 0.634. The summed E-state index contributed by atoms with van der Waals surface area (Å²) in [5.74, 6) is -2.75. The van der Waals surface area contributed by atoms with E-state index in [-0.39, 0.29) is 37.2 Å². The molecule has 0 aromatic heterocycles. The Hall–Kier alpha value is -2.81. The average Bonchev–Trinajstić information content (AvgIpc) is 3.03. The van der Waals surface area contributed by atoms with E-state index in [2.05, 4.69) is 0 Å². The van der Waals surface area contributed by atoms with Crippen molar-refractivity contribution < 1.29 is 28.7 Å². The van der Waals surface area contributed by atoms with E-state index in [0.29, 0.717) is 0 Å². The van der Waals surface area contributed by atoms with Gasteiger partial charge in [-0.2, -0.15) is 0 Å². The maximum absolute atomic E-state index is 14.0. The number of likely N-dealkylation sites (N-methyl/N-ethyl adjacent to an activating group) is 2. The monoisotopic (exact) mass is 363 g/mol. The molecule has 3 rings (SSSR count). The molecule has 9 heteroatoms. The number of hydrogen-bond donors (Lipinski definition) is 1. The molecule has 138 valence electrons. The SMILES string of the molecule is CCN1C(=O)N(CC)C(O)(c2cc(F)ccc2N2C(=O)CCC2=O)C1=O. The molecular formula is C17H18FN3O5. The van der Waals surface area contributed by atoms with Gasteiger partial charge in [-0.15, -0.1) is 0 Å². The first-order chi connectivity index (χ1) is 12.3. The number of anilines is 1. The molecule has 1 unspecified atom stereocenters. The van der Waals surface area contributed by atoms with Gasteiger partial charge in [-0.1, -0.05) is 0 Å². The van der Waals surface area contributed by atoms with Crippen LogP contribution in [-0.4, -0.2) is 51.7 Å². The van der Waals surface area contributed by atoms with Crippen LogP contribution in [0.2, 0.25) is 0 Å². The lowest BCUT2D eigenvalue weighted by molar-refractivity contribution is -0.155. The third-order valence-corrected chi connectivity index (χ3v) is 4.65. The summed E-state index contributed by atoms with van der Waals surface area (Å²) in [7, 11) is 0. The molecule has 5 amide bonds. The Balaban J connectivity index is 2.24. The fourth-order valence-corrected chi connectivity index (χ4v) is 3.41. The van der Waals surface area contributed by atoms with Crippen molar-refractivity contribution in [3.63, 3.8) is 0 Å². The molecule has 2 aliphatic rings. The van der Waals surface area contributed by atoms with Gasteiger partial charge in [0.1, 0.15) is 5.82 Å². The van der Waals surface area contributed by atoms with Crippen LogP contribution in [0.5, 0.6) is 0 Å². The van der Waals surface area contributed by atoms with Crippen molar-refractivity contribution in [2.45, 2.75) is 32.4 Å². The Bertz CT molecular complexity index is 811. The maximum atomic E-state index is 14.0. The zero-order valence-corrected chi connectivity index (χ0v) is 14.4. The first kappa shape index (κ1) is 18.0. The molecule has 1 aromatic carbocycles. The lowest BCUT2D eigenvalue weighted by Gasteiger charge is -2.32. The van der Waals surface area contributed by atoms with Gasteiger partial charge in [-0.25, -0.2) is 9.18 Å². The van der Waals surface area contributed by atoms with Gasteiger partial charge in [0.2, 0.25) is 11.8 Å². The summed E-state index contributed by atoms with van der Waals surface area (Å²) in [5, 5.41) is 11.2.